The maximum absolute atomic E-state index is 12.9. The van der Waals surface area contributed by atoms with Crippen LogP contribution in [0.4, 0.5) is 4.79 Å². The van der Waals surface area contributed by atoms with Gasteiger partial charge in [0.15, 0.2) is 0 Å². The Labute approximate surface area is 135 Å². The van der Waals surface area contributed by atoms with Crippen molar-refractivity contribution in [3.05, 3.63) is 60.7 Å². The van der Waals surface area contributed by atoms with Crippen molar-refractivity contribution in [2.45, 2.75) is 19.9 Å². The van der Waals surface area contributed by atoms with Gasteiger partial charge in [-0.05, 0) is 38.1 Å². The van der Waals surface area contributed by atoms with Gasteiger partial charge in [0.05, 0.1) is 0 Å². The molecule has 0 saturated heterocycles. The van der Waals surface area contributed by atoms with E-state index in [9.17, 15) is 9.36 Å². The lowest BCUT2D eigenvalue weighted by molar-refractivity contribution is 0.240. The maximum atomic E-state index is 12.9. The van der Waals surface area contributed by atoms with Gasteiger partial charge >= 0.3 is 13.8 Å². The zero-order valence-corrected chi connectivity index (χ0v) is 13.8. The lowest BCUT2D eigenvalue weighted by atomic mass is 10.3. The van der Waals surface area contributed by atoms with E-state index in [0.717, 1.165) is 0 Å². The molecule has 0 aliphatic carbocycles. The first-order valence-electron chi connectivity index (χ1n) is 7.15. The molecule has 0 aromatic heterocycles. The Bertz CT molecular complexity index is 631. The highest BCUT2D eigenvalue weighted by atomic mass is 31.2. The third-order valence-corrected chi connectivity index (χ3v) is 3.98. The number of benzene rings is 2. The van der Waals surface area contributed by atoms with Crippen LogP contribution in [0.2, 0.25) is 0 Å². The minimum absolute atomic E-state index is 0.114. The van der Waals surface area contributed by atoms with Crippen LogP contribution in [0.25, 0.3) is 0 Å². The van der Waals surface area contributed by atoms with Crippen molar-refractivity contribution in [1.29, 1.82) is 0 Å². The number of carbonyl (C=O) groups is 1. The largest absolute Gasteiger partial charge is 0.545 e. The molecule has 2 aromatic carbocycles. The normalized spacial score (nSPS) is 10.9. The molecule has 2 aromatic rings. The van der Waals surface area contributed by atoms with Crippen LogP contribution >= 0.6 is 7.75 Å². The molecule has 23 heavy (non-hydrogen) atoms. The third-order valence-electron chi connectivity index (χ3n) is 2.60. The third kappa shape index (κ3) is 5.68. The number of rotatable bonds is 6. The van der Waals surface area contributed by atoms with Crippen LogP contribution in [0.3, 0.4) is 0 Å². The molecule has 122 valence electrons. The molecule has 0 aliphatic heterocycles. The van der Waals surface area contributed by atoms with Gasteiger partial charge in [-0.2, -0.15) is 0 Å². The first kappa shape index (κ1) is 16.9. The summed E-state index contributed by atoms with van der Waals surface area (Å²) in [6.07, 6.45) is 0. The molecule has 0 spiro atoms. The molecule has 7 heteroatoms. The Morgan fingerprint density at radius 1 is 0.913 bits per heavy atom. The van der Waals surface area contributed by atoms with Gasteiger partial charge in [-0.1, -0.05) is 36.4 Å². The lowest BCUT2D eigenvalue weighted by Crippen LogP contribution is -2.39. The average molecular weight is 334 g/mol. The number of carbonyl (C=O) groups excluding carboxylic acids is 1. The summed E-state index contributed by atoms with van der Waals surface area (Å²) in [5.41, 5.74) is 0. The quantitative estimate of drug-likeness (QED) is 0.784. The van der Waals surface area contributed by atoms with Crippen molar-refractivity contribution in [2.24, 2.45) is 0 Å². The molecule has 2 amide bonds. The minimum atomic E-state index is -3.94. The van der Waals surface area contributed by atoms with Crippen molar-refractivity contribution < 1.29 is 18.4 Å². The predicted molar refractivity (Wildman–Crippen MR) is 88.5 cm³/mol. The Balaban J connectivity index is 2.19. The zero-order valence-electron chi connectivity index (χ0n) is 12.9. The maximum Gasteiger partial charge on any atom is 0.545 e. The number of amides is 2. The van der Waals surface area contributed by atoms with E-state index in [-0.39, 0.29) is 6.04 Å². The summed E-state index contributed by atoms with van der Waals surface area (Å²) in [6, 6.07) is 16.3. The summed E-state index contributed by atoms with van der Waals surface area (Å²) in [5, 5.41) is 4.87. The van der Waals surface area contributed by atoms with Gasteiger partial charge in [0.1, 0.15) is 11.5 Å². The molecule has 6 nitrogen and oxygen atoms in total. The molecule has 0 fully saturated rings. The van der Waals surface area contributed by atoms with Crippen molar-refractivity contribution in [3.8, 4) is 11.5 Å². The summed E-state index contributed by atoms with van der Waals surface area (Å²) in [7, 11) is -3.94. The fourth-order valence-electron chi connectivity index (χ4n) is 1.72. The highest BCUT2D eigenvalue weighted by molar-refractivity contribution is 7.53. The predicted octanol–water partition coefficient (Wildman–Crippen LogP) is 3.96. The monoisotopic (exact) mass is 334 g/mol. The Hall–Kier alpha value is -2.46. The Kier molecular flexibility index (Phi) is 5.66. The minimum Gasteiger partial charge on any atom is -0.400 e. The van der Waals surface area contributed by atoms with Crippen LogP contribution in [0.5, 0.6) is 11.5 Å². The second-order valence-electron chi connectivity index (χ2n) is 5.05. The first-order valence-corrected chi connectivity index (χ1v) is 8.69. The number of urea groups is 1. The Morgan fingerprint density at radius 2 is 1.35 bits per heavy atom. The van der Waals surface area contributed by atoms with E-state index in [1.54, 1.807) is 74.5 Å². The second kappa shape index (κ2) is 7.70. The fourth-order valence-corrected chi connectivity index (χ4v) is 2.96. The van der Waals surface area contributed by atoms with E-state index in [1.165, 1.54) is 0 Å². The van der Waals surface area contributed by atoms with Crippen molar-refractivity contribution in [3.63, 3.8) is 0 Å². The Morgan fingerprint density at radius 3 is 1.74 bits per heavy atom. The summed E-state index contributed by atoms with van der Waals surface area (Å²) >= 11 is 0. The molecule has 0 saturated carbocycles. The van der Waals surface area contributed by atoms with Crippen molar-refractivity contribution in [1.82, 2.24) is 10.4 Å². The van der Waals surface area contributed by atoms with E-state index in [4.69, 9.17) is 9.05 Å². The van der Waals surface area contributed by atoms with Crippen molar-refractivity contribution >= 4 is 13.8 Å². The molecular weight excluding hydrogens is 315 g/mol. The molecule has 0 atom stereocenters. The number of hydrogen-bond donors (Lipinski definition) is 2. The van der Waals surface area contributed by atoms with Gasteiger partial charge in [0.2, 0.25) is 0 Å². The second-order valence-corrected chi connectivity index (χ2v) is 6.63. The van der Waals surface area contributed by atoms with Crippen LogP contribution in [0.15, 0.2) is 60.7 Å². The smallest absolute Gasteiger partial charge is 0.400 e. The van der Waals surface area contributed by atoms with Crippen molar-refractivity contribution in [2.75, 3.05) is 0 Å². The van der Waals surface area contributed by atoms with Gasteiger partial charge in [-0.3, -0.25) is 0 Å². The SMILES string of the molecule is CC(C)NC(=O)NP(=O)(Oc1ccccc1)Oc1ccccc1. The number of para-hydroxylation sites is 2. The highest BCUT2D eigenvalue weighted by Gasteiger charge is 2.31. The van der Waals surface area contributed by atoms with E-state index < -0.39 is 13.8 Å². The molecular formula is C16H19N2O4P. The summed E-state index contributed by atoms with van der Waals surface area (Å²) < 4.78 is 23.8. The first-order chi connectivity index (χ1) is 11.0. The molecule has 0 radical (unpaired) electrons. The van der Waals surface area contributed by atoms with Gasteiger partial charge in [-0.25, -0.2) is 14.4 Å². The lowest BCUT2D eigenvalue weighted by Gasteiger charge is -2.21. The van der Waals surface area contributed by atoms with E-state index in [1.807, 2.05) is 0 Å². The molecule has 0 heterocycles. The van der Waals surface area contributed by atoms with Gasteiger partial charge in [-0.15, -0.1) is 0 Å². The summed E-state index contributed by atoms with van der Waals surface area (Å²) in [4.78, 5) is 11.9. The van der Waals surface area contributed by atoms with Crippen LogP contribution in [-0.4, -0.2) is 12.1 Å². The highest BCUT2D eigenvalue weighted by Crippen LogP contribution is 2.44. The van der Waals surface area contributed by atoms with Crippen LogP contribution < -0.4 is 19.5 Å². The summed E-state index contributed by atoms with van der Waals surface area (Å²) in [6.45, 7) is 3.58. The van der Waals surface area contributed by atoms with E-state index in [0.29, 0.717) is 11.5 Å². The van der Waals surface area contributed by atoms with Gasteiger partial charge in [0, 0.05) is 6.04 Å². The molecule has 0 aliphatic rings. The molecule has 2 N–H and O–H groups in total. The zero-order chi connectivity index (χ0) is 16.7. The van der Waals surface area contributed by atoms with Crippen LogP contribution in [0, 0.1) is 0 Å². The number of hydrogen-bond acceptors (Lipinski definition) is 4. The fraction of sp³-hybridized carbons (Fsp3) is 0.188. The summed E-state index contributed by atoms with van der Waals surface area (Å²) in [5.74, 6) is 0.660. The molecule has 0 unspecified atom stereocenters. The molecule has 2 rings (SSSR count). The average Bonchev–Trinajstić information content (AvgIpc) is 2.47. The van der Waals surface area contributed by atoms with Gasteiger partial charge in [0.25, 0.3) is 0 Å². The standard InChI is InChI=1S/C16H19N2O4P/c1-13(2)17-16(19)18-23(20,21-14-9-5-3-6-10-14)22-15-11-7-4-8-12-15/h3-13H,1-2H3,(H2,17,18,19,20). The van der Waals surface area contributed by atoms with E-state index in [2.05, 4.69) is 10.4 Å². The van der Waals surface area contributed by atoms with E-state index >= 15 is 0 Å². The van der Waals surface area contributed by atoms with Crippen LogP contribution in [-0.2, 0) is 4.57 Å². The van der Waals surface area contributed by atoms with Crippen LogP contribution in [0.1, 0.15) is 13.8 Å². The van der Waals surface area contributed by atoms with Gasteiger partial charge < -0.3 is 14.4 Å². The topological polar surface area (TPSA) is 76.7 Å². The molecule has 0 bridgehead atoms. The number of nitrogens with one attached hydrogen (secondary N) is 2.